The van der Waals surface area contributed by atoms with Crippen LogP contribution >= 0.6 is 11.6 Å². The van der Waals surface area contributed by atoms with E-state index < -0.39 is 12.2 Å². The van der Waals surface area contributed by atoms with Crippen molar-refractivity contribution in [3.05, 3.63) is 35.4 Å². The van der Waals surface area contributed by atoms with E-state index in [-0.39, 0.29) is 13.2 Å². The Balaban J connectivity index is 2.07. The van der Waals surface area contributed by atoms with E-state index in [9.17, 15) is 10.2 Å². The Morgan fingerprint density at radius 1 is 0.828 bits per heavy atom. The number of hydrogen-bond donors (Lipinski definition) is 2. The first kappa shape index (κ1) is 23.8. The van der Waals surface area contributed by atoms with Gasteiger partial charge in [-0.3, -0.25) is 0 Å². The lowest BCUT2D eigenvalue weighted by atomic mass is 10.1. The highest BCUT2D eigenvalue weighted by Crippen LogP contribution is 2.39. The van der Waals surface area contributed by atoms with Crippen LogP contribution in [0.25, 0.3) is 10.8 Å². The molecule has 0 saturated carbocycles. The van der Waals surface area contributed by atoms with E-state index >= 15 is 0 Å². The van der Waals surface area contributed by atoms with Gasteiger partial charge in [0, 0.05) is 16.8 Å². The van der Waals surface area contributed by atoms with Crippen molar-refractivity contribution in [3.8, 4) is 11.5 Å². The average Bonchev–Trinajstić information content (AvgIpc) is 2.72. The van der Waals surface area contributed by atoms with Crippen LogP contribution in [-0.2, 0) is 0 Å². The summed E-state index contributed by atoms with van der Waals surface area (Å²) >= 11 is 6.49. The number of rotatable bonds is 14. The van der Waals surface area contributed by atoms with Crippen LogP contribution < -0.4 is 9.47 Å². The largest absolute Gasteiger partial charge is 0.490 e. The van der Waals surface area contributed by atoms with Gasteiger partial charge in [-0.25, -0.2) is 0 Å². The van der Waals surface area contributed by atoms with Crippen LogP contribution in [0.5, 0.6) is 11.5 Å². The van der Waals surface area contributed by atoms with Crippen molar-refractivity contribution in [2.45, 2.75) is 77.4 Å². The van der Waals surface area contributed by atoms with Crippen molar-refractivity contribution >= 4 is 22.4 Å². The Bertz CT molecular complexity index is 734. The van der Waals surface area contributed by atoms with Crippen LogP contribution in [0.1, 0.15) is 65.2 Å². The number of ether oxygens (including phenoxy) is 2. The van der Waals surface area contributed by atoms with E-state index in [0.717, 1.165) is 62.1 Å². The number of aliphatic hydroxyl groups is 2. The third-order valence-corrected chi connectivity index (χ3v) is 5.33. The first-order valence-corrected chi connectivity index (χ1v) is 11.3. The molecule has 2 aromatic rings. The van der Waals surface area contributed by atoms with Gasteiger partial charge in [-0.2, -0.15) is 0 Å². The van der Waals surface area contributed by atoms with E-state index in [2.05, 4.69) is 13.8 Å². The smallest absolute Gasteiger partial charge is 0.146 e. The standard InChI is InChI=1S/C24H35ClO4/c1-3-5-7-11-18(26)16-28-23-15-22(25)24(21-14-10-9-13-20(21)23)29-17-19(27)12-8-6-4-2/h9-10,13-15,18-19,26-27H,3-8,11-12,16-17H2,1-2H3. The van der Waals surface area contributed by atoms with Crippen LogP contribution in [0.15, 0.2) is 30.3 Å². The van der Waals surface area contributed by atoms with Crippen LogP contribution in [0, 0.1) is 0 Å². The Morgan fingerprint density at radius 2 is 1.38 bits per heavy atom. The van der Waals surface area contributed by atoms with Gasteiger partial charge in [0.25, 0.3) is 0 Å². The monoisotopic (exact) mass is 422 g/mol. The molecule has 0 radical (unpaired) electrons. The van der Waals surface area contributed by atoms with Crippen LogP contribution in [0.2, 0.25) is 5.02 Å². The second kappa shape index (κ2) is 12.9. The summed E-state index contributed by atoms with van der Waals surface area (Å²) in [7, 11) is 0. The molecule has 162 valence electrons. The molecule has 0 spiro atoms. The molecule has 2 rings (SSSR count). The fourth-order valence-corrected chi connectivity index (χ4v) is 3.60. The zero-order chi connectivity index (χ0) is 21.1. The second-order valence-corrected chi connectivity index (χ2v) is 8.06. The van der Waals surface area contributed by atoms with Crippen LogP contribution in [0.3, 0.4) is 0 Å². The highest BCUT2D eigenvalue weighted by atomic mass is 35.5. The number of unbranched alkanes of at least 4 members (excludes halogenated alkanes) is 4. The first-order valence-electron chi connectivity index (χ1n) is 10.9. The Hall–Kier alpha value is -1.49. The van der Waals surface area contributed by atoms with Gasteiger partial charge in [0.2, 0.25) is 0 Å². The van der Waals surface area contributed by atoms with Crippen molar-refractivity contribution in [1.82, 2.24) is 0 Å². The maximum absolute atomic E-state index is 10.2. The molecule has 2 aromatic carbocycles. The molecule has 0 aliphatic rings. The summed E-state index contributed by atoms with van der Waals surface area (Å²) in [6, 6.07) is 9.48. The molecule has 0 heterocycles. The number of halogens is 1. The molecule has 0 aliphatic heterocycles. The van der Waals surface area contributed by atoms with Crippen LogP contribution in [-0.4, -0.2) is 35.6 Å². The summed E-state index contributed by atoms with van der Waals surface area (Å²) in [5.74, 6) is 1.20. The molecular formula is C24H35ClO4. The van der Waals surface area contributed by atoms with E-state index in [0.29, 0.717) is 16.5 Å². The number of hydrogen-bond acceptors (Lipinski definition) is 4. The highest BCUT2D eigenvalue weighted by molar-refractivity contribution is 6.33. The summed E-state index contributed by atoms with van der Waals surface area (Å²) < 4.78 is 11.8. The topological polar surface area (TPSA) is 58.9 Å². The summed E-state index contributed by atoms with van der Waals surface area (Å²) in [5, 5.41) is 22.5. The minimum atomic E-state index is -0.509. The predicted octanol–water partition coefficient (Wildman–Crippen LogP) is 6.13. The zero-order valence-corrected chi connectivity index (χ0v) is 18.5. The maximum Gasteiger partial charge on any atom is 0.146 e. The average molecular weight is 423 g/mol. The summed E-state index contributed by atoms with van der Waals surface area (Å²) in [6.07, 6.45) is 6.91. The van der Waals surface area contributed by atoms with Gasteiger partial charge < -0.3 is 19.7 Å². The van der Waals surface area contributed by atoms with Gasteiger partial charge >= 0.3 is 0 Å². The van der Waals surface area contributed by atoms with E-state index in [4.69, 9.17) is 21.1 Å². The van der Waals surface area contributed by atoms with E-state index in [1.807, 2.05) is 24.3 Å². The number of fused-ring (bicyclic) bond motifs is 1. The normalized spacial score (nSPS) is 13.4. The Labute approximate surface area is 179 Å². The summed E-state index contributed by atoms with van der Waals surface area (Å²) in [6.45, 7) is 4.73. The molecule has 2 N–H and O–H groups in total. The van der Waals surface area contributed by atoms with Crippen molar-refractivity contribution in [2.24, 2.45) is 0 Å². The SMILES string of the molecule is CCCCCC(O)COc1cc(Cl)c(OCC(O)CCCCC)c2ccccc12. The highest BCUT2D eigenvalue weighted by Gasteiger charge is 2.16. The molecule has 0 aliphatic carbocycles. The molecule has 29 heavy (non-hydrogen) atoms. The molecule has 2 unspecified atom stereocenters. The lowest BCUT2D eigenvalue weighted by Crippen LogP contribution is -2.18. The van der Waals surface area contributed by atoms with Gasteiger partial charge in [-0.1, -0.05) is 88.2 Å². The lowest BCUT2D eigenvalue weighted by molar-refractivity contribution is 0.0969. The molecular weight excluding hydrogens is 388 g/mol. The third-order valence-electron chi connectivity index (χ3n) is 5.04. The van der Waals surface area contributed by atoms with Gasteiger partial charge in [-0.15, -0.1) is 0 Å². The molecule has 0 amide bonds. The third kappa shape index (κ3) is 7.69. The minimum absolute atomic E-state index is 0.212. The van der Waals surface area contributed by atoms with Crippen molar-refractivity contribution in [1.29, 1.82) is 0 Å². The molecule has 5 heteroatoms. The maximum atomic E-state index is 10.2. The predicted molar refractivity (Wildman–Crippen MR) is 120 cm³/mol. The van der Waals surface area contributed by atoms with Crippen LogP contribution in [0.4, 0.5) is 0 Å². The van der Waals surface area contributed by atoms with E-state index in [1.165, 1.54) is 0 Å². The van der Waals surface area contributed by atoms with Crippen molar-refractivity contribution in [3.63, 3.8) is 0 Å². The van der Waals surface area contributed by atoms with Gasteiger partial charge in [-0.05, 0) is 12.8 Å². The zero-order valence-electron chi connectivity index (χ0n) is 17.7. The molecule has 2 atom stereocenters. The molecule has 4 nitrogen and oxygen atoms in total. The van der Waals surface area contributed by atoms with Gasteiger partial charge in [0.05, 0.1) is 17.2 Å². The summed E-state index contributed by atoms with van der Waals surface area (Å²) in [4.78, 5) is 0. The molecule has 0 fully saturated rings. The molecule has 0 bridgehead atoms. The fourth-order valence-electron chi connectivity index (χ4n) is 3.34. The second-order valence-electron chi connectivity index (χ2n) is 7.65. The number of aliphatic hydroxyl groups excluding tert-OH is 2. The Morgan fingerprint density at radius 3 is 1.97 bits per heavy atom. The first-order chi connectivity index (χ1) is 14.1. The van der Waals surface area contributed by atoms with Crippen molar-refractivity contribution < 1.29 is 19.7 Å². The lowest BCUT2D eigenvalue weighted by Gasteiger charge is -2.18. The van der Waals surface area contributed by atoms with Gasteiger partial charge in [0.1, 0.15) is 24.7 Å². The summed E-state index contributed by atoms with van der Waals surface area (Å²) in [5.41, 5.74) is 0. The molecule has 0 saturated heterocycles. The fraction of sp³-hybridized carbons (Fsp3) is 0.583. The minimum Gasteiger partial charge on any atom is -0.490 e. The number of benzene rings is 2. The quantitative estimate of drug-likeness (QED) is 0.359. The molecule has 0 aromatic heterocycles. The van der Waals surface area contributed by atoms with E-state index in [1.54, 1.807) is 6.07 Å². The van der Waals surface area contributed by atoms with Gasteiger partial charge in [0.15, 0.2) is 0 Å². The Kier molecular flexibility index (Phi) is 10.6. The van der Waals surface area contributed by atoms with Crippen molar-refractivity contribution in [2.75, 3.05) is 13.2 Å².